The number of rotatable bonds is 5. The van der Waals surface area contributed by atoms with E-state index in [4.69, 9.17) is 9.47 Å². The van der Waals surface area contributed by atoms with E-state index in [1.54, 1.807) is 0 Å². The molecule has 2 atom stereocenters. The highest BCUT2D eigenvalue weighted by Crippen LogP contribution is 2.34. The standard InChI is InChI=1S/C18H34N2O3/c1-13(2)15-16(14(3)4)23-18(5,6)17(21)20(15)8-7-19-9-11-22-12-10-19/h13-16H,7-12H2,1-6H3. The van der Waals surface area contributed by atoms with Crippen molar-refractivity contribution in [1.29, 1.82) is 0 Å². The van der Waals surface area contributed by atoms with Crippen molar-refractivity contribution in [2.75, 3.05) is 39.4 Å². The van der Waals surface area contributed by atoms with Gasteiger partial charge in [-0.05, 0) is 25.7 Å². The first-order valence-corrected chi connectivity index (χ1v) is 9.03. The van der Waals surface area contributed by atoms with Crippen molar-refractivity contribution in [1.82, 2.24) is 9.80 Å². The maximum Gasteiger partial charge on any atom is 0.254 e. The molecule has 0 spiro atoms. The van der Waals surface area contributed by atoms with Gasteiger partial charge in [-0.3, -0.25) is 9.69 Å². The van der Waals surface area contributed by atoms with E-state index in [-0.39, 0.29) is 18.1 Å². The normalized spacial score (nSPS) is 29.6. The lowest BCUT2D eigenvalue weighted by Gasteiger charge is -2.51. The molecule has 2 rings (SSSR count). The number of nitrogens with zero attached hydrogens (tertiary/aromatic N) is 2. The van der Waals surface area contributed by atoms with Gasteiger partial charge in [0.2, 0.25) is 0 Å². The predicted molar refractivity (Wildman–Crippen MR) is 91.4 cm³/mol. The molecule has 0 aliphatic carbocycles. The predicted octanol–water partition coefficient (Wildman–Crippen LogP) is 2.01. The molecule has 0 N–H and O–H groups in total. The van der Waals surface area contributed by atoms with Gasteiger partial charge in [0.05, 0.1) is 25.4 Å². The summed E-state index contributed by atoms with van der Waals surface area (Å²) in [6.07, 6.45) is 0.0902. The number of carbonyl (C=O) groups is 1. The number of morpholine rings is 2. The van der Waals surface area contributed by atoms with Gasteiger partial charge in [-0.15, -0.1) is 0 Å². The molecule has 0 aromatic heterocycles. The third kappa shape index (κ3) is 4.25. The summed E-state index contributed by atoms with van der Waals surface area (Å²) < 4.78 is 11.6. The van der Waals surface area contributed by atoms with Crippen molar-refractivity contribution < 1.29 is 14.3 Å². The van der Waals surface area contributed by atoms with Gasteiger partial charge in [0, 0.05) is 26.2 Å². The van der Waals surface area contributed by atoms with E-state index >= 15 is 0 Å². The monoisotopic (exact) mass is 326 g/mol. The zero-order chi connectivity index (χ0) is 17.2. The van der Waals surface area contributed by atoms with Gasteiger partial charge < -0.3 is 14.4 Å². The van der Waals surface area contributed by atoms with Crippen LogP contribution in [0.1, 0.15) is 41.5 Å². The largest absolute Gasteiger partial charge is 0.379 e. The van der Waals surface area contributed by atoms with Crippen LogP contribution in [0, 0.1) is 11.8 Å². The van der Waals surface area contributed by atoms with Crippen LogP contribution in [-0.2, 0) is 14.3 Å². The summed E-state index contributed by atoms with van der Waals surface area (Å²) in [5.74, 6) is 0.897. The molecular weight excluding hydrogens is 292 g/mol. The summed E-state index contributed by atoms with van der Waals surface area (Å²) in [5.41, 5.74) is -0.731. The maximum atomic E-state index is 13.0. The molecule has 23 heavy (non-hydrogen) atoms. The SMILES string of the molecule is CC(C)C1OC(C)(C)C(=O)N(CCN2CCOCC2)C1C(C)C. The molecule has 1 amide bonds. The molecule has 0 aromatic rings. The van der Waals surface area contributed by atoms with Crippen molar-refractivity contribution in [3.8, 4) is 0 Å². The average Bonchev–Trinajstić information content (AvgIpc) is 2.48. The zero-order valence-electron chi connectivity index (χ0n) is 15.7. The Balaban J connectivity index is 2.14. The minimum Gasteiger partial charge on any atom is -0.379 e. The Morgan fingerprint density at radius 3 is 2.22 bits per heavy atom. The van der Waals surface area contributed by atoms with Gasteiger partial charge in [-0.1, -0.05) is 27.7 Å². The van der Waals surface area contributed by atoms with E-state index in [2.05, 4.69) is 37.5 Å². The first-order valence-electron chi connectivity index (χ1n) is 9.03. The van der Waals surface area contributed by atoms with Gasteiger partial charge in [0.25, 0.3) is 5.91 Å². The first-order chi connectivity index (χ1) is 10.7. The van der Waals surface area contributed by atoms with Gasteiger partial charge in [0.15, 0.2) is 0 Å². The smallest absolute Gasteiger partial charge is 0.254 e. The number of hydrogen-bond acceptors (Lipinski definition) is 4. The summed E-state index contributed by atoms with van der Waals surface area (Å²) in [6, 6.07) is 0.150. The second kappa shape index (κ2) is 7.49. The maximum absolute atomic E-state index is 13.0. The Kier molecular flexibility index (Phi) is 6.09. The van der Waals surface area contributed by atoms with Crippen LogP contribution < -0.4 is 0 Å². The van der Waals surface area contributed by atoms with Crippen molar-refractivity contribution in [2.24, 2.45) is 11.8 Å². The Morgan fingerprint density at radius 2 is 1.70 bits per heavy atom. The van der Waals surface area contributed by atoms with Crippen LogP contribution >= 0.6 is 0 Å². The highest BCUT2D eigenvalue weighted by atomic mass is 16.5. The summed E-state index contributed by atoms with van der Waals surface area (Å²) in [5, 5.41) is 0. The van der Waals surface area contributed by atoms with Gasteiger partial charge in [0.1, 0.15) is 5.60 Å². The lowest BCUT2D eigenvalue weighted by Crippen LogP contribution is -2.66. The van der Waals surface area contributed by atoms with Crippen LogP contribution in [0.2, 0.25) is 0 Å². The highest BCUT2D eigenvalue weighted by molar-refractivity contribution is 5.85. The summed E-state index contributed by atoms with van der Waals surface area (Å²) in [7, 11) is 0. The van der Waals surface area contributed by atoms with Crippen LogP contribution in [0.5, 0.6) is 0 Å². The molecule has 2 saturated heterocycles. The molecule has 0 aromatic carbocycles. The molecule has 0 bridgehead atoms. The Bertz CT molecular complexity index is 403. The number of ether oxygens (including phenoxy) is 2. The molecule has 2 aliphatic heterocycles. The van der Waals surface area contributed by atoms with Crippen LogP contribution in [0.3, 0.4) is 0 Å². The van der Waals surface area contributed by atoms with Crippen LogP contribution in [0.25, 0.3) is 0 Å². The molecule has 2 fully saturated rings. The molecule has 2 unspecified atom stereocenters. The van der Waals surface area contributed by atoms with Crippen molar-refractivity contribution >= 4 is 5.91 Å². The fraction of sp³-hybridized carbons (Fsp3) is 0.944. The molecule has 2 aliphatic rings. The summed E-state index contributed by atoms with van der Waals surface area (Å²) in [4.78, 5) is 17.4. The van der Waals surface area contributed by atoms with E-state index in [1.807, 2.05) is 13.8 Å². The van der Waals surface area contributed by atoms with E-state index < -0.39 is 5.60 Å². The molecule has 5 nitrogen and oxygen atoms in total. The Labute approximate surface area is 141 Å². The molecule has 0 saturated carbocycles. The number of carbonyl (C=O) groups excluding carboxylic acids is 1. The van der Waals surface area contributed by atoms with Gasteiger partial charge >= 0.3 is 0 Å². The Hall–Kier alpha value is -0.650. The second-order valence-corrected chi connectivity index (χ2v) is 8.02. The molecule has 2 heterocycles. The summed E-state index contributed by atoms with van der Waals surface area (Å²) in [6.45, 7) is 17.8. The fourth-order valence-electron chi connectivity index (χ4n) is 3.71. The average molecular weight is 326 g/mol. The first kappa shape index (κ1) is 18.7. The molecular formula is C18H34N2O3. The lowest BCUT2D eigenvalue weighted by molar-refractivity contribution is -0.202. The third-order valence-corrected chi connectivity index (χ3v) is 5.00. The third-order valence-electron chi connectivity index (χ3n) is 5.00. The molecule has 134 valence electrons. The van der Waals surface area contributed by atoms with Crippen molar-refractivity contribution in [2.45, 2.75) is 59.3 Å². The van der Waals surface area contributed by atoms with E-state index in [1.165, 1.54) is 0 Å². The van der Waals surface area contributed by atoms with Gasteiger partial charge in [-0.25, -0.2) is 0 Å². The summed E-state index contributed by atoms with van der Waals surface area (Å²) >= 11 is 0. The zero-order valence-corrected chi connectivity index (χ0v) is 15.7. The quantitative estimate of drug-likeness (QED) is 0.775. The van der Waals surface area contributed by atoms with E-state index in [9.17, 15) is 4.79 Å². The van der Waals surface area contributed by atoms with Crippen molar-refractivity contribution in [3.05, 3.63) is 0 Å². The van der Waals surface area contributed by atoms with Crippen molar-refractivity contribution in [3.63, 3.8) is 0 Å². The van der Waals surface area contributed by atoms with Crippen LogP contribution in [0.4, 0.5) is 0 Å². The lowest BCUT2D eigenvalue weighted by atomic mass is 9.85. The van der Waals surface area contributed by atoms with E-state index in [0.29, 0.717) is 11.8 Å². The van der Waals surface area contributed by atoms with Crippen LogP contribution in [-0.4, -0.2) is 72.8 Å². The topological polar surface area (TPSA) is 42.0 Å². The highest BCUT2D eigenvalue weighted by Gasteiger charge is 2.48. The minimum absolute atomic E-state index is 0.0902. The minimum atomic E-state index is -0.731. The molecule has 5 heteroatoms. The number of hydrogen-bond donors (Lipinski definition) is 0. The second-order valence-electron chi connectivity index (χ2n) is 8.02. The van der Waals surface area contributed by atoms with Gasteiger partial charge in [-0.2, -0.15) is 0 Å². The Morgan fingerprint density at radius 1 is 1.09 bits per heavy atom. The van der Waals surface area contributed by atoms with Crippen LogP contribution in [0.15, 0.2) is 0 Å². The molecule has 0 radical (unpaired) electrons. The van der Waals surface area contributed by atoms with E-state index in [0.717, 1.165) is 39.4 Å². The fourth-order valence-corrected chi connectivity index (χ4v) is 3.71. The number of amides is 1.